The molecule has 1 N–H and O–H groups in total. The Morgan fingerprint density at radius 3 is 2.65 bits per heavy atom. The molecule has 8 nitrogen and oxygen atoms in total. The van der Waals surface area contributed by atoms with E-state index in [1.807, 2.05) is 0 Å². The Morgan fingerprint density at radius 1 is 1.40 bits per heavy atom. The molecule has 110 valence electrons. The van der Waals surface area contributed by atoms with Crippen LogP contribution in [0.15, 0.2) is 24.3 Å². The highest BCUT2D eigenvalue weighted by Gasteiger charge is 2.19. The van der Waals surface area contributed by atoms with Gasteiger partial charge in [0.1, 0.15) is 0 Å². The number of ether oxygens (including phenoxy) is 1. The lowest BCUT2D eigenvalue weighted by atomic mass is 10.2. The average Bonchev–Trinajstić information content (AvgIpc) is 2.38. The van der Waals surface area contributed by atoms with Gasteiger partial charge in [0, 0.05) is 18.2 Å². The van der Waals surface area contributed by atoms with E-state index in [0.717, 1.165) is 0 Å². The Bertz CT molecular complexity index is 599. The maximum Gasteiger partial charge on any atom is 0.306 e. The van der Waals surface area contributed by atoms with Crippen molar-refractivity contribution < 1.29 is 22.9 Å². The number of hydrogen-bond acceptors (Lipinski definition) is 6. The number of nitrogens with zero attached hydrogens (tertiary/aromatic N) is 1. The molecule has 20 heavy (non-hydrogen) atoms. The summed E-state index contributed by atoms with van der Waals surface area (Å²) >= 11 is 0. The predicted octanol–water partition coefficient (Wildman–Crippen LogP) is 0.577. The number of para-hydroxylation sites is 1. The molecule has 0 fully saturated rings. The highest BCUT2D eigenvalue weighted by atomic mass is 32.2. The maximum absolute atomic E-state index is 11.8. The number of nitro groups is 1. The number of esters is 1. The van der Waals surface area contributed by atoms with Crippen LogP contribution in [-0.4, -0.2) is 33.0 Å². The summed E-state index contributed by atoms with van der Waals surface area (Å²) in [6, 6.07) is 5.59. The van der Waals surface area contributed by atoms with Crippen molar-refractivity contribution in [2.45, 2.75) is 12.2 Å². The number of nitrogens with one attached hydrogen (secondary N) is 1. The molecule has 0 aliphatic carbocycles. The number of nitro benzene ring substituents is 1. The van der Waals surface area contributed by atoms with Crippen molar-refractivity contribution in [2.24, 2.45) is 0 Å². The van der Waals surface area contributed by atoms with Crippen LogP contribution in [0, 0.1) is 10.1 Å². The smallest absolute Gasteiger partial charge is 0.306 e. The minimum absolute atomic E-state index is 0.0862. The van der Waals surface area contributed by atoms with Crippen LogP contribution in [0.3, 0.4) is 0 Å². The molecular formula is C11H14N2O6S. The summed E-state index contributed by atoms with van der Waals surface area (Å²) in [5.74, 6) is -1.07. The van der Waals surface area contributed by atoms with Gasteiger partial charge in [0.2, 0.25) is 10.0 Å². The van der Waals surface area contributed by atoms with Gasteiger partial charge in [-0.25, -0.2) is 13.1 Å². The van der Waals surface area contributed by atoms with Crippen LogP contribution in [-0.2, 0) is 25.3 Å². The third-order valence-electron chi connectivity index (χ3n) is 2.41. The van der Waals surface area contributed by atoms with Crippen molar-refractivity contribution in [3.63, 3.8) is 0 Å². The molecule has 0 aliphatic rings. The van der Waals surface area contributed by atoms with Gasteiger partial charge < -0.3 is 4.74 Å². The summed E-state index contributed by atoms with van der Waals surface area (Å²) in [4.78, 5) is 21.0. The summed E-state index contributed by atoms with van der Waals surface area (Å²) in [7, 11) is -2.56. The van der Waals surface area contributed by atoms with E-state index < -0.39 is 26.7 Å². The number of carbonyl (C=O) groups excluding carboxylic acids is 1. The molecule has 0 bridgehead atoms. The van der Waals surface area contributed by atoms with Crippen molar-refractivity contribution in [3.05, 3.63) is 39.9 Å². The lowest BCUT2D eigenvalue weighted by Crippen LogP contribution is -2.28. The summed E-state index contributed by atoms with van der Waals surface area (Å²) in [5, 5.41) is 10.8. The van der Waals surface area contributed by atoms with E-state index in [4.69, 9.17) is 0 Å². The van der Waals surface area contributed by atoms with Gasteiger partial charge in [0.25, 0.3) is 5.69 Å². The molecule has 0 heterocycles. The molecule has 0 amide bonds. The second-order valence-corrected chi connectivity index (χ2v) is 5.67. The van der Waals surface area contributed by atoms with Gasteiger partial charge in [0.05, 0.1) is 24.2 Å². The Kier molecular flexibility index (Phi) is 5.59. The Balaban J connectivity index is 2.72. The number of hydrogen-bond donors (Lipinski definition) is 1. The van der Waals surface area contributed by atoms with Gasteiger partial charge >= 0.3 is 5.97 Å². The molecule has 0 saturated heterocycles. The van der Waals surface area contributed by atoms with Crippen molar-refractivity contribution in [1.29, 1.82) is 0 Å². The van der Waals surface area contributed by atoms with Gasteiger partial charge in [-0.05, 0) is 0 Å². The largest absolute Gasteiger partial charge is 0.469 e. The minimum atomic E-state index is -3.76. The quantitative estimate of drug-likeness (QED) is 0.447. The second kappa shape index (κ2) is 6.96. The number of benzene rings is 1. The van der Waals surface area contributed by atoms with Gasteiger partial charge in [-0.15, -0.1) is 0 Å². The predicted molar refractivity (Wildman–Crippen MR) is 70.4 cm³/mol. The van der Waals surface area contributed by atoms with Crippen LogP contribution in [0.1, 0.15) is 12.0 Å². The minimum Gasteiger partial charge on any atom is -0.469 e. The number of methoxy groups -OCH3 is 1. The molecule has 0 spiro atoms. The molecule has 0 aliphatic heterocycles. The molecule has 9 heteroatoms. The summed E-state index contributed by atoms with van der Waals surface area (Å²) in [6.07, 6.45) is -0.105. The highest BCUT2D eigenvalue weighted by molar-refractivity contribution is 7.88. The van der Waals surface area contributed by atoms with E-state index in [1.165, 1.54) is 31.4 Å². The van der Waals surface area contributed by atoms with Crippen LogP contribution in [0.2, 0.25) is 0 Å². The first-order valence-corrected chi connectivity index (χ1v) is 7.27. The fourth-order valence-corrected chi connectivity index (χ4v) is 2.65. The molecule has 1 aromatic rings. The molecule has 0 radical (unpaired) electrons. The van der Waals surface area contributed by atoms with Crippen LogP contribution in [0.4, 0.5) is 5.69 Å². The summed E-state index contributed by atoms with van der Waals surface area (Å²) in [6.45, 7) is -0.115. The van der Waals surface area contributed by atoms with Crippen molar-refractivity contribution in [2.75, 3.05) is 13.7 Å². The summed E-state index contributed by atoms with van der Waals surface area (Å²) < 4.78 is 30.1. The Hall–Kier alpha value is -2.00. The van der Waals surface area contributed by atoms with E-state index >= 15 is 0 Å². The van der Waals surface area contributed by atoms with E-state index in [0.29, 0.717) is 0 Å². The molecule has 1 rings (SSSR count). The third kappa shape index (κ3) is 4.94. The second-order valence-electron chi connectivity index (χ2n) is 3.87. The normalized spacial score (nSPS) is 11.1. The number of sulfonamides is 1. The zero-order valence-electron chi connectivity index (χ0n) is 10.7. The van der Waals surface area contributed by atoms with E-state index in [2.05, 4.69) is 9.46 Å². The Labute approximate surface area is 115 Å². The summed E-state index contributed by atoms with van der Waals surface area (Å²) in [5.41, 5.74) is -0.172. The zero-order chi connectivity index (χ0) is 15.2. The molecule has 0 saturated carbocycles. The zero-order valence-corrected chi connectivity index (χ0v) is 11.6. The standard InChI is InChI=1S/C11H14N2O6S/c1-19-11(14)6-7-12-20(17,18)8-9-4-2-3-5-10(9)13(15)16/h2-5,12H,6-8H2,1H3. The van der Waals surface area contributed by atoms with E-state index in [9.17, 15) is 23.3 Å². The number of rotatable bonds is 7. The van der Waals surface area contributed by atoms with Gasteiger partial charge in [-0.1, -0.05) is 18.2 Å². The molecule has 0 atom stereocenters. The fourth-order valence-electron chi connectivity index (χ4n) is 1.48. The molecule has 0 unspecified atom stereocenters. The SMILES string of the molecule is COC(=O)CCNS(=O)(=O)Cc1ccccc1[N+](=O)[O-]. The number of carbonyl (C=O) groups is 1. The topological polar surface area (TPSA) is 116 Å². The van der Waals surface area contributed by atoms with Gasteiger partial charge in [-0.3, -0.25) is 14.9 Å². The Morgan fingerprint density at radius 2 is 2.05 bits per heavy atom. The first-order valence-electron chi connectivity index (χ1n) is 5.62. The first kappa shape index (κ1) is 16.1. The molecular weight excluding hydrogens is 288 g/mol. The molecule has 1 aromatic carbocycles. The van der Waals surface area contributed by atoms with Crippen LogP contribution >= 0.6 is 0 Å². The van der Waals surface area contributed by atoms with Crippen LogP contribution in [0.5, 0.6) is 0 Å². The first-order chi connectivity index (χ1) is 9.35. The molecule has 0 aromatic heterocycles. The van der Waals surface area contributed by atoms with E-state index in [1.54, 1.807) is 0 Å². The lowest BCUT2D eigenvalue weighted by Gasteiger charge is -2.06. The van der Waals surface area contributed by atoms with Crippen molar-refractivity contribution in [3.8, 4) is 0 Å². The van der Waals surface area contributed by atoms with Crippen molar-refractivity contribution in [1.82, 2.24) is 4.72 Å². The monoisotopic (exact) mass is 302 g/mol. The lowest BCUT2D eigenvalue weighted by molar-refractivity contribution is -0.385. The van der Waals surface area contributed by atoms with Gasteiger partial charge in [0.15, 0.2) is 0 Å². The fraction of sp³-hybridized carbons (Fsp3) is 0.364. The average molecular weight is 302 g/mol. The van der Waals surface area contributed by atoms with Crippen LogP contribution in [0.25, 0.3) is 0 Å². The van der Waals surface area contributed by atoms with Gasteiger partial charge in [-0.2, -0.15) is 0 Å². The van der Waals surface area contributed by atoms with Crippen LogP contribution < -0.4 is 4.72 Å². The third-order valence-corrected chi connectivity index (χ3v) is 3.75. The maximum atomic E-state index is 11.8. The highest BCUT2D eigenvalue weighted by Crippen LogP contribution is 2.19. The van der Waals surface area contributed by atoms with Crippen molar-refractivity contribution >= 4 is 21.7 Å². The van der Waals surface area contributed by atoms with E-state index in [-0.39, 0.29) is 24.2 Å².